The lowest BCUT2D eigenvalue weighted by atomic mass is 10.4. The van der Waals surface area contributed by atoms with Crippen molar-refractivity contribution in [3.8, 4) is 0 Å². The van der Waals surface area contributed by atoms with Gasteiger partial charge in [0.05, 0.1) is 7.59 Å². The van der Waals surface area contributed by atoms with Gasteiger partial charge >= 0.3 is 0 Å². The zero-order valence-electron chi connectivity index (χ0n) is 18.1. The van der Waals surface area contributed by atoms with Crippen LogP contribution in [0.15, 0.2) is 91.0 Å². The van der Waals surface area contributed by atoms with Crippen molar-refractivity contribution in [2.75, 3.05) is 0 Å². The molecule has 0 radical (unpaired) electrons. The molecule has 3 aromatic carbocycles. The summed E-state index contributed by atoms with van der Waals surface area (Å²) in [5.74, 6) is 0. The fourth-order valence-electron chi connectivity index (χ4n) is 4.46. The molecule has 0 spiro atoms. The van der Waals surface area contributed by atoms with Gasteiger partial charge in [0, 0.05) is 8.07 Å². The topological polar surface area (TPSA) is 0 Å². The summed E-state index contributed by atoms with van der Waals surface area (Å²) in [6.45, 7) is 12.9. The highest BCUT2D eigenvalue weighted by molar-refractivity contribution is 7.55. The summed E-state index contributed by atoms with van der Waals surface area (Å²) >= 11 is 0. The Balaban J connectivity index is 2.26. The molecule has 0 bridgehead atoms. The largest absolute Gasteiger partial charge is 0.113 e. The summed E-state index contributed by atoms with van der Waals surface area (Å²) in [5, 5.41) is 4.82. The highest BCUT2D eigenvalue weighted by Crippen LogP contribution is 2.28. The van der Waals surface area contributed by atoms with Crippen molar-refractivity contribution in [1.29, 1.82) is 0 Å². The summed E-state index contributed by atoms with van der Waals surface area (Å²) in [4.78, 5) is 0. The lowest BCUT2D eigenvalue weighted by Crippen LogP contribution is -2.78. The summed E-state index contributed by atoms with van der Waals surface area (Å²) in [6, 6.07) is 37.2. The highest BCUT2D eigenvalue weighted by Gasteiger charge is 2.51. The van der Waals surface area contributed by atoms with E-state index in [-0.39, 0.29) is 0 Å². The minimum atomic E-state index is -1.93. The molecule has 3 aromatic rings. The molecule has 0 fully saturated rings. The van der Waals surface area contributed by atoms with E-state index in [1.54, 1.807) is 15.6 Å². The predicted octanol–water partition coefficient (Wildman–Crippen LogP) is 5.28. The molecule has 0 heterocycles. The van der Waals surface area contributed by atoms with Gasteiger partial charge in [-0.05, 0) is 0 Å². The van der Waals surface area contributed by atoms with Crippen LogP contribution in [-0.2, 0) is 0 Å². The molecule has 0 N–H and O–H groups in total. The van der Waals surface area contributed by atoms with E-state index in [0.29, 0.717) is 0 Å². The van der Waals surface area contributed by atoms with E-state index in [9.17, 15) is 0 Å². The van der Waals surface area contributed by atoms with Crippen LogP contribution < -0.4 is 15.6 Å². The Kier molecular flexibility index (Phi) is 6.28. The first-order valence-corrected chi connectivity index (χ1v) is 20.4. The molecule has 1 unspecified atom stereocenters. The lowest BCUT2D eigenvalue weighted by molar-refractivity contribution is 1.30. The van der Waals surface area contributed by atoms with Crippen molar-refractivity contribution in [2.45, 2.75) is 44.8 Å². The Hall–Kier alpha value is -1.69. The molecule has 0 aliphatic heterocycles. The highest BCUT2D eigenvalue weighted by atomic mass is 29.3. The van der Waals surface area contributed by atoms with Gasteiger partial charge < -0.3 is 0 Å². The summed E-state index contributed by atoms with van der Waals surface area (Å²) in [5.41, 5.74) is 0. The maximum Gasteiger partial charge on any atom is 0.113 e. The Morgan fingerprint density at radius 2 is 0.821 bits per heavy atom. The maximum atomic E-state index is 2.69. The molecule has 3 heteroatoms. The average molecular weight is 419 g/mol. The number of benzene rings is 3. The first-order chi connectivity index (χ1) is 13.3. The van der Waals surface area contributed by atoms with E-state index in [2.05, 4.69) is 124 Å². The third-order valence-electron chi connectivity index (χ3n) is 6.59. The van der Waals surface area contributed by atoms with E-state index < -0.39 is 23.3 Å². The number of rotatable bonds is 7. The Morgan fingerprint density at radius 3 is 1.18 bits per heavy atom. The molecule has 146 valence electrons. The van der Waals surface area contributed by atoms with Gasteiger partial charge in [0.25, 0.3) is 0 Å². The normalized spacial score (nSPS) is 14.5. The van der Waals surface area contributed by atoms with Crippen LogP contribution in [-0.4, -0.2) is 23.3 Å². The molecular formula is C25H34Si3. The van der Waals surface area contributed by atoms with Crippen LogP contribution in [0, 0.1) is 0 Å². The molecule has 1 atom stereocenters. The van der Waals surface area contributed by atoms with Gasteiger partial charge in [0.15, 0.2) is 0 Å². The molecule has 0 amide bonds. The third kappa shape index (κ3) is 4.17. The van der Waals surface area contributed by atoms with Crippen molar-refractivity contribution in [3.05, 3.63) is 91.0 Å². The van der Waals surface area contributed by atoms with Crippen LogP contribution in [0.5, 0.6) is 0 Å². The Labute approximate surface area is 174 Å². The molecule has 0 aliphatic carbocycles. The van der Waals surface area contributed by atoms with E-state index in [1.807, 2.05) is 0 Å². The second kappa shape index (κ2) is 8.36. The standard InChI is InChI=1S/C25H34Si3/c1-26(2,3)21-22-27(4,23-15-9-6-10-16-23)28(5,24-17-11-7-12-18-24)25-19-13-8-14-20-25/h6-20H,21-22H2,1-5H3. The Bertz CT molecular complexity index is 830. The molecule has 0 saturated carbocycles. The van der Waals surface area contributed by atoms with Gasteiger partial charge in [-0.1, -0.05) is 151 Å². The van der Waals surface area contributed by atoms with Crippen LogP contribution in [0.2, 0.25) is 44.8 Å². The first-order valence-electron chi connectivity index (χ1n) is 10.4. The van der Waals surface area contributed by atoms with E-state index in [1.165, 1.54) is 12.1 Å². The number of hydrogen-bond donors (Lipinski definition) is 0. The van der Waals surface area contributed by atoms with Crippen LogP contribution in [0.4, 0.5) is 0 Å². The fourth-order valence-corrected chi connectivity index (χ4v) is 24.8. The summed E-state index contributed by atoms with van der Waals surface area (Å²) in [6.07, 6.45) is 0. The van der Waals surface area contributed by atoms with Gasteiger partial charge in [-0.25, -0.2) is 0 Å². The van der Waals surface area contributed by atoms with Crippen LogP contribution in [0.1, 0.15) is 0 Å². The average Bonchev–Trinajstić information content (AvgIpc) is 2.72. The van der Waals surface area contributed by atoms with E-state index in [0.717, 1.165) is 0 Å². The second-order valence-electron chi connectivity index (χ2n) is 9.62. The van der Waals surface area contributed by atoms with Gasteiger partial charge in [-0.3, -0.25) is 0 Å². The molecule has 28 heavy (non-hydrogen) atoms. The van der Waals surface area contributed by atoms with Crippen molar-refractivity contribution >= 4 is 38.8 Å². The summed E-state index contributed by atoms with van der Waals surface area (Å²) in [7, 11) is -4.86. The SMILES string of the molecule is C[Si](C)(C)CC[Si](C)(c1ccccc1)[Si](C)(c1ccccc1)c1ccccc1. The van der Waals surface area contributed by atoms with E-state index in [4.69, 9.17) is 0 Å². The van der Waals surface area contributed by atoms with Crippen molar-refractivity contribution in [2.24, 2.45) is 0 Å². The zero-order chi connectivity index (χ0) is 20.3. The van der Waals surface area contributed by atoms with Crippen LogP contribution in [0.3, 0.4) is 0 Å². The van der Waals surface area contributed by atoms with Crippen molar-refractivity contribution in [1.82, 2.24) is 0 Å². The monoisotopic (exact) mass is 418 g/mol. The predicted molar refractivity (Wildman–Crippen MR) is 134 cm³/mol. The van der Waals surface area contributed by atoms with Crippen LogP contribution in [0.25, 0.3) is 0 Å². The minimum absolute atomic E-state index is 1.12. The fraction of sp³-hybridized carbons (Fsp3) is 0.280. The molecule has 0 aliphatic rings. The van der Waals surface area contributed by atoms with Gasteiger partial charge in [0.2, 0.25) is 0 Å². The molecule has 0 nitrogen and oxygen atoms in total. The smallest absolute Gasteiger partial charge is 0.0696 e. The quantitative estimate of drug-likeness (QED) is 0.458. The molecule has 3 rings (SSSR count). The zero-order valence-corrected chi connectivity index (χ0v) is 21.1. The van der Waals surface area contributed by atoms with Crippen LogP contribution >= 0.6 is 0 Å². The summed E-state index contributed by atoms with van der Waals surface area (Å²) < 4.78 is 0. The van der Waals surface area contributed by atoms with Gasteiger partial charge in [-0.15, -0.1) is 0 Å². The molecule has 0 aromatic heterocycles. The second-order valence-corrected chi connectivity index (χ2v) is 28.7. The van der Waals surface area contributed by atoms with E-state index >= 15 is 0 Å². The molecular weight excluding hydrogens is 385 g/mol. The lowest BCUT2D eigenvalue weighted by Gasteiger charge is -2.46. The first kappa shape index (κ1) is 21.0. The Morgan fingerprint density at radius 1 is 0.464 bits per heavy atom. The maximum absolute atomic E-state index is 2.69. The minimum Gasteiger partial charge on any atom is -0.0696 e. The van der Waals surface area contributed by atoms with Gasteiger partial charge in [-0.2, -0.15) is 0 Å². The third-order valence-corrected chi connectivity index (χ3v) is 26.9. The number of hydrogen-bond acceptors (Lipinski definition) is 0. The van der Waals surface area contributed by atoms with Gasteiger partial charge in [0.1, 0.15) is 7.59 Å². The van der Waals surface area contributed by atoms with Crippen molar-refractivity contribution < 1.29 is 0 Å². The molecule has 0 saturated heterocycles. The van der Waals surface area contributed by atoms with Crippen molar-refractivity contribution in [3.63, 3.8) is 0 Å².